The number of hydrogen-bond acceptors (Lipinski definition) is 12. The van der Waals surface area contributed by atoms with Crippen molar-refractivity contribution in [3.8, 4) is 17.5 Å². The van der Waals surface area contributed by atoms with Crippen LogP contribution in [0.4, 0.5) is 43.9 Å². The molecule has 2 aliphatic rings. The molecule has 2 heterocycles. The van der Waals surface area contributed by atoms with Gasteiger partial charge >= 0.3 is 0 Å². The summed E-state index contributed by atoms with van der Waals surface area (Å²) in [5.74, 6) is -6.31. The molecule has 2 fully saturated rings. The topological polar surface area (TPSA) is 170 Å². The van der Waals surface area contributed by atoms with E-state index in [4.69, 9.17) is 14.2 Å². The SMILES string of the molecule is CC(=O)C[C@@H](CF)COC1CCC(O)CC1.CC(=O)C[C@@H](CF)COC1CCC(Oc2nc3c(F)cc(OCC(F)F)c(F)c3n2C)CC1.Cn1c(S(C)(=O)=O)nc2c(F)cc(OCC(F)F)c(F)c21. The maximum absolute atomic E-state index is 14.7. The molecule has 0 bridgehead atoms. The number of fused-ring (bicyclic) bond motifs is 2. The van der Waals surface area contributed by atoms with Gasteiger partial charge in [0.2, 0.25) is 15.0 Å². The van der Waals surface area contributed by atoms with Crippen LogP contribution in [-0.2, 0) is 43.0 Å². The third kappa shape index (κ3) is 16.7. The summed E-state index contributed by atoms with van der Waals surface area (Å²) in [6.45, 7) is 0.0822. The Hall–Kier alpha value is -4.75. The number of Topliss-reactive ketones (excluding diaryl/α,β-unsaturated/α-hetero) is 2. The van der Waals surface area contributed by atoms with Gasteiger partial charge in [0.25, 0.3) is 18.9 Å². The average Bonchev–Trinajstić information content (AvgIpc) is 3.83. The summed E-state index contributed by atoms with van der Waals surface area (Å²) in [5, 5.41) is 8.77. The molecule has 70 heavy (non-hydrogen) atoms. The molecule has 0 radical (unpaired) electrons. The van der Waals surface area contributed by atoms with Crippen LogP contribution in [0.15, 0.2) is 17.3 Å². The van der Waals surface area contributed by atoms with Crippen molar-refractivity contribution < 1.29 is 90.7 Å². The number of ketones is 2. The van der Waals surface area contributed by atoms with Gasteiger partial charge in [-0.05, 0) is 65.2 Å². The summed E-state index contributed by atoms with van der Waals surface area (Å²) in [6, 6.07) is 1.24. The van der Waals surface area contributed by atoms with E-state index in [2.05, 4.69) is 19.4 Å². The third-order valence-corrected chi connectivity index (χ3v) is 12.3. The van der Waals surface area contributed by atoms with E-state index < -0.39 is 106 Å². The van der Waals surface area contributed by atoms with Gasteiger partial charge in [-0.25, -0.2) is 48.5 Å². The Morgan fingerprint density at radius 1 is 0.671 bits per heavy atom. The number of hydrogen-bond donors (Lipinski definition) is 1. The third-order valence-electron chi connectivity index (χ3n) is 11.2. The lowest BCUT2D eigenvalue weighted by Crippen LogP contribution is -2.30. The fourth-order valence-corrected chi connectivity index (χ4v) is 8.67. The van der Waals surface area contributed by atoms with E-state index in [0.717, 1.165) is 36.5 Å². The Balaban J connectivity index is 0.000000247. The zero-order valence-electron chi connectivity index (χ0n) is 39.2. The minimum Gasteiger partial charge on any atom is -0.484 e. The molecule has 2 aromatic carbocycles. The highest BCUT2D eigenvalue weighted by molar-refractivity contribution is 7.90. The number of rotatable bonds is 21. The Kier molecular flexibility index (Phi) is 22.0. The molecule has 14 nitrogen and oxygen atoms in total. The Morgan fingerprint density at radius 2 is 1.07 bits per heavy atom. The number of carbonyl (C=O) groups is 2. The normalized spacial score (nSPS) is 19.3. The number of aliphatic hydroxyl groups excluding tert-OH is 1. The van der Waals surface area contributed by atoms with Gasteiger partial charge in [0.05, 0.1) is 44.9 Å². The molecular weight excluding hydrogens is 979 g/mol. The number of imidazole rings is 2. The Morgan fingerprint density at radius 3 is 1.47 bits per heavy atom. The monoisotopic (exact) mass is 1040 g/mol. The lowest BCUT2D eigenvalue weighted by atomic mass is 9.94. The molecule has 0 unspecified atom stereocenters. The number of carbonyl (C=O) groups excluding carboxylic acids is 2. The number of aromatic nitrogens is 4. The van der Waals surface area contributed by atoms with Gasteiger partial charge in [-0.15, -0.1) is 0 Å². The van der Waals surface area contributed by atoms with Gasteiger partial charge in [0.15, 0.2) is 34.8 Å². The van der Waals surface area contributed by atoms with E-state index in [1.165, 1.54) is 32.5 Å². The highest BCUT2D eigenvalue weighted by Crippen LogP contribution is 2.34. The van der Waals surface area contributed by atoms with Crippen molar-refractivity contribution >= 4 is 43.5 Å². The first kappa shape index (κ1) is 57.8. The van der Waals surface area contributed by atoms with Crippen LogP contribution in [0.25, 0.3) is 22.1 Å². The molecule has 394 valence electrons. The van der Waals surface area contributed by atoms with E-state index in [0.29, 0.717) is 44.4 Å². The van der Waals surface area contributed by atoms with Crippen molar-refractivity contribution in [1.29, 1.82) is 0 Å². The van der Waals surface area contributed by atoms with Crippen LogP contribution < -0.4 is 14.2 Å². The van der Waals surface area contributed by atoms with Gasteiger partial charge in [0.1, 0.15) is 53.0 Å². The second-order valence-corrected chi connectivity index (χ2v) is 19.2. The van der Waals surface area contributed by atoms with Crippen molar-refractivity contribution in [1.82, 2.24) is 19.1 Å². The molecule has 6 rings (SSSR count). The molecular formula is C45H58F10N4O10S. The first-order valence-corrected chi connectivity index (χ1v) is 24.2. The Bertz CT molecular complexity index is 2460. The predicted molar refractivity (Wildman–Crippen MR) is 234 cm³/mol. The number of nitrogens with zero attached hydrogens (tertiary/aromatic N) is 4. The summed E-state index contributed by atoms with van der Waals surface area (Å²) in [4.78, 5) is 29.6. The van der Waals surface area contributed by atoms with Crippen LogP contribution in [0.1, 0.15) is 78.1 Å². The minimum atomic E-state index is -3.81. The summed E-state index contributed by atoms with van der Waals surface area (Å²) < 4.78 is 183. The van der Waals surface area contributed by atoms with Crippen molar-refractivity contribution in [3.63, 3.8) is 0 Å². The number of aliphatic hydroxyl groups is 1. The summed E-state index contributed by atoms with van der Waals surface area (Å²) in [6.07, 6.45) is 0.770. The molecule has 0 amide bonds. The molecule has 0 aliphatic heterocycles. The number of aryl methyl sites for hydroxylation is 2. The zero-order chi connectivity index (χ0) is 52.0. The number of sulfone groups is 1. The quantitative estimate of drug-likeness (QED) is 0.0791. The van der Waals surface area contributed by atoms with E-state index in [1.54, 1.807) is 0 Å². The maximum atomic E-state index is 14.7. The van der Waals surface area contributed by atoms with Gasteiger partial charge < -0.3 is 42.9 Å². The molecule has 0 spiro atoms. The van der Waals surface area contributed by atoms with E-state index in [9.17, 15) is 67.0 Å². The number of benzene rings is 2. The van der Waals surface area contributed by atoms with Crippen LogP contribution >= 0.6 is 0 Å². The van der Waals surface area contributed by atoms with Crippen molar-refractivity contribution in [3.05, 3.63) is 35.4 Å². The first-order valence-electron chi connectivity index (χ1n) is 22.3. The van der Waals surface area contributed by atoms with Crippen LogP contribution in [-0.4, -0.2) is 127 Å². The zero-order valence-corrected chi connectivity index (χ0v) is 40.0. The molecule has 1 N–H and O–H groups in total. The van der Waals surface area contributed by atoms with E-state index in [1.807, 2.05) is 0 Å². The van der Waals surface area contributed by atoms with Crippen LogP contribution in [0.5, 0.6) is 17.5 Å². The standard InChI is InChI=1S/C22H27F5N2O4.C12H21FO3.C11H10F4N2O3S/c1-12(30)7-13(9-23)10-31-14-3-5-15(6-4-14)33-22-28-20-16(24)8-17(32-11-18(25)26)19(27)21(20)29(22)2;1-9(14)6-10(7-13)8-16-12-4-2-11(15)3-5-12;1-17-10-8(15)6(20-4-7(13)14)3-5(12)9(10)16-11(17)21(2,18)19/h8,13-15,18H,3-7,9-11H2,1-2H3;10-12,15H,2-8H2,1H3;3,7H,4H2,1-2H3/t13-,14?,15?;10-,11?,12?;/m00./s1. The molecule has 2 atom stereocenters. The average molecular weight is 1040 g/mol. The van der Waals surface area contributed by atoms with E-state index >= 15 is 0 Å². The molecule has 2 aromatic heterocycles. The van der Waals surface area contributed by atoms with Crippen molar-refractivity contribution in [2.75, 3.05) is 46.0 Å². The van der Waals surface area contributed by atoms with E-state index in [-0.39, 0.29) is 78.4 Å². The summed E-state index contributed by atoms with van der Waals surface area (Å²) >= 11 is 0. The summed E-state index contributed by atoms with van der Waals surface area (Å²) in [5.41, 5.74) is -1.51. The number of alkyl halides is 6. The Labute approximate surface area is 397 Å². The van der Waals surface area contributed by atoms with Crippen LogP contribution in [0.2, 0.25) is 0 Å². The van der Waals surface area contributed by atoms with Crippen molar-refractivity contribution in [2.24, 2.45) is 25.9 Å². The van der Waals surface area contributed by atoms with Crippen LogP contribution in [0, 0.1) is 35.1 Å². The lowest BCUT2D eigenvalue weighted by Gasteiger charge is -2.29. The van der Waals surface area contributed by atoms with Gasteiger partial charge in [0, 0.05) is 57.2 Å². The van der Waals surface area contributed by atoms with Gasteiger partial charge in [-0.3, -0.25) is 13.3 Å². The molecule has 0 saturated heterocycles. The highest BCUT2D eigenvalue weighted by atomic mass is 32.2. The van der Waals surface area contributed by atoms with Gasteiger partial charge in [-0.2, -0.15) is 4.98 Å². The summed E-state index contributed by atoms with van der Waals surface area (Å²) in [7, 11) is -1.20. The maximum Gasteiger partial charge on any atom is 0.297 e. The fourth-order valence-electron chi connectivity index (χ4n) is 7.82. The number of ether oxygens (including phenoxy) is 5. The molecule has 4 aromatic rings. The second-order valence-electron chi connectivity index (χ2n) is 17.3. The number of halogens is 10. The molecule has 2 aliphatic carbocycles. The fraction of sp³-hybridized carbons (Fsp3) is 0.644. The highest BCUT2D eigenvalue weighted by Gasteiger charge is 2.29. The largest absolute Gasteiger partial charge is 0.484 e. The molecule has 2 saturated carbocycles. The smallest absolute Gasteiger partial charge is 0.297 e. The lowest BCUT2D eigenvalue weighted by molar-refractivity contribution is -0.119. The second kappa shape index (κ2) is 26.6. The minimum absolute atomic E-state index is 0.00266. The predicted octanol–water partition coefficient (Wildman–Crippen LogP) is 8.54. The van der Waals surface area contributed by atoms with Crippen molar-refractivity contribution in [2.45, 2.75) is 120 Å². The molecule has 25 heteroatoms. The van der Waals surface area contributed by atoms with Gasteiger partial charge in [-0.1, -0.05) is 0 Å². The first-order chi connectivity index (χ1) is 32.9. The van der Waals surface area contributed by atoms with Crippen LogP contribution in [0.3, 0.4) is 0 Å².